The summed E-state index contributed by atoms with van der Waals surface area (Å²) in [5, 5.41) is 6.79. The average Bonchev–Trinajstić information content (AvgIpc) is 3.02. The van der Waals surface area contributed by atoms with Crippen LogP contribution in [0, 0.1) is 0 Å². The Morgan fingerprint density at radius 3 is 2.87 bits per heavy atom. The molecule has 0 spiro atoms. The van der Waals surface area contributed by atoms with Crippen LogP contribution in [0.25, 0.3) is 0 Å². The zero-order valence-electron chi connectivity index (χ0n) is 14.4. The molecule has 0 bridgehead atoms. The molecule has 1 aliphatic rings. The van der Waals surface area contributed by atoms with E-state index >= 15 is 0 Å². The molecule has 0 radical (unpaired) electrons. The summed E-state index contributed by atoms with van der Waals surface area (Å²) in [5.74, 6) is 0.882. The second kappa shape index (κ2) is 10.2. The first-order valence-corrected chi connectivity index (χ1v) is 8.55. The van der Waals surface area contributed by atoms with E-state index in [9.17, 15) is 0 Å². The van der Waals surface area contributed by atoms with E-state index in [0.717, 1.165) is 38.6 Å². The van der Waals surface area contributed by atoms with E-state index in [1.54, 1.807) is 7.11 Å². The third-order valence-electron chi connectivity index (χ3n) is 4.27. The number of guanidine groups is 1. The molecule has 2 rings (SSSR count). The van der Waals surface area contributed by atoms with Gasteiger partial charge in [-0.1, -0.05) is 30.3 Å². The number of ether oxygens (including phenoxy) is 1. The van der Waals surface area contributed by atoms with Gasteiger partial charge in [0, 0.05) is 46.4 Å². The molecule has 1 saturated heterocycles. The molecule has 0 aromatic heterocycles. The molecule has 5 nitrogen and oxygen atoms in total. The molecule has 5 heteroatoms. The third kappa shape index (κ3) is 6.20. The standard InChI is InChI=1S/C18H30N4O/c1-19-18(20-11-7-13-23-2)21-14-17-10-6-12-22(17)15-16-8-4-3-5-9-16/h3-5,8-9,17H,6-7,10-15H2,1-2H3,(H2,19,20,21). The zero-order valence-corrected chi connectivity index (χ0v) is 14.4. The second-order valence-electron chi connectivity index (χ2n) is 5.98. The molecule has 0 aliphatic carbocycles. The summed E-state index contributed by atoms with van der Waals surface area (Å²) in [4.78, 5) is 6.86. The van der Waals surface area contributed by atoms with Crippen LogP contribution in [0.5, 0.6) is 0 Å². The topological polar surface area (TPSA) is 48.9 Å². The molecular formula is C18H30N4O. The van der Waals surface area contributed by atoms with Gasteiger partial charge in [-0.25, -0.2) is 0 Å². The number of aliphatic imine (C=N–C) groups is 1. The van der Waals surface area contributed by atoms with Crippen molar-refractivity contribution in [1.29, 1.82) is 0 Å². The number of rotatable bonds is 8. The smallest absolute Gasteiger partial charge is 0.191 e. The Hall–Kier alpha value is -1.59. The van der Waals surface area contributed by atoms with Crippen LogP contribution in [0.15, 0.2) is 35.3 Å². The summed E-state index contributed by atoms with van der Waals surface area (Å²) in [7, 11) is 3.55. The third-order valence-corrected chi connectivity index (χ3v) is 4.27. The maximum Gasteiger partial charge on any atom is 0.191 e. The Labute approximate surface area is 140 Å². The Morgan fingerprint density at radius 1 is 1.30 bits per heavy atom. The molecule has 1 heterocycles. The van der Waals surface area contributed by atoms with E-state index in [2.05, 4.69) is 50.9 Å². The highest BCUT2D eigenvalue weighted by Crippen LogP contribution is 2.19. The number of methoxy groups -OCH3 is 1. The van der Waals surface area contributed by atoms with Crippen LogP contribution in [-0.4, -0.2) is 57.3 Å². The average molecular weight is 318 g/mol. The van der Waals surface area contributed by atoms with Gasteiger partial charge < -0.3 is 15.4 Å². The summed E-state index contributed by atoms with van der Waals surface area (Å²) in [6, 6.07) is 11.3. The maximum atomic E-state index is 5.06. The van der Waals surface area contributed by atoms with Gasteiger partial charge in [0.1, 0.15) is 0 Å². The van der Waals surface area contributed by atoms with E-state index in [4.69, 9.17) is 4.74 Å². The molecule has 23 heavy (non-hydrogen) atoms. The summed E-state index contributed by atoms with van der Waals surface area (Å²) in [6.45, 7) is 4.81. The van der Waals surface area contributed by atoms with Crippen molar-refractivity contribution in [2.45, 2.75) is 31.8 Å². The predicted molar refractivity (Wildman–Crippen MR) is 95.7 cm³/mol. The minimum Gasteiger partial charge on any atom is -0.385 e. The van der Waals surface area contributed by atoms with Crippen LogP contribution in [0.3, 0.4) is 0 Å². The zero-order chi connectivity index (χ0) is 16.3. The molecular weight excluding hydrogens is 288 g/mol. The lowest BCUT2D eigenvalue weighted by Crippen LogP contribution is -2.45. The molecule has 1 fully saturated rings. The fraction of sp³-hybridized carbons (Fsp3) is 0.611. The van der Waals surface area contributed by atoms with Gasteiger partial charge in [-0.2, -0.15) is 0 Å². The van der Waals surface area contributed by atoms with Gasteiger partial charge in [-0.3, -0.25) is 9.89 Å². The van der Waals surface area contributed by atoms with E-state index in [1.807, 2.05) is 7.05 Å². The molecule has 0 amide bonds. The maximum absolute atomic E-state index is 5.06. The summed E-state index contributed by atoms with van der Waals surface area (Å²) >= 11 is 0. The second-order valence-corrected chi connectivity index (χ2v) is 5.98. The van der Waals surface area contributed by atoms with Crippen molar-refractivity contribution in [3.05, 3.63) is 35.9 Å². The van der Waals surface area contributed by atoms with Gasteiger partial charge in [-0.15, -0.1) is 0 Å². The minimum absolute atomic E-state index is 0.577. The lowest BCUT2D eigenvalue weighted by Gasteiger charge is -2.25. The quantitative estimate of drug-likeness (QED) is 0.436. The van der Waals surface area contributed by atoms with E-state index in [0.29, 0.717) is 6.04 Å². The lowest BCUT2D eigenvalue weighted by molar-refractivity contribution is 0.195. The van der Waals surface area contributed by atoms with Crippen LogP contribution >= 0.6 is 0 Å². The van der Waals surface area contributed by atoms with Crippen LogP contribution < -0.4 is 10.6 Å². The van der Waals surface area contributed by atoms with Crippen molar-refractivity contribution >= 4 is 5.96 Å². The van der Waals surface area contributed by atoms with E-state index in [-0.39, 0.29) is 0 Å². The number of hydrogen-bond acceptors (Lipinski definition) is 3. The number of benzene rings is 1. The number of nitrogens with one attached hydrogen (secondary N) is 2. The molecule has 1 atom stereocenters. The fourth-order valence-electron chi connectivity index (χ4n) is 3.01. The molecule has 1 aromatic rings. The highest BCUT2D eigenvalue weighted by molar-refractivity contribution is 5.79. The Balaban J connectivity index is 1.74. The van der Waals surface area contributed by atoms with Crippen molar-refractivity contribution in [3.8, 4) is 0 Å². The highest BCUT2D eigenvalue weighted by Gasteiger charge is 2.24. The summed E-state index contributed by atoms with van der Waals surface area (Å²) in [6.07, 6.45) is 3.51. The summed E-state index contributed by atoms with van der Waals surface area (Å²) < 4.78 is 5.06. The highest BCUT2D eigenvalue weighted by atomic mass is 16.5. The Kier molecular flexibility index (Phi) is 7.90. The van der Waals surface area contributed by atoms with Crippen molar-refractivity contribution < 1.29 is 4.74 Å². The first-order chi connectivity index (χ1) is 11.3. The van der Waals surface area contributed by atoms with E-state index < -0.39 is 0 Å². The SMILES string of the molecule is CN=C(NCCCOC)NCC1CCCN1Cc1ccccc1. The van der Waals surface area contributed by atoms with Gasteiger partial charge in [0.05, 0.1) is 0 Å². The van der Waals surface area contributed by atoms with Gasteiger partial charge in [0.25, 0.3) is 0 Å². The van der Waals surface area contributed by atoms with Gasteiger partial charge in [-0.05, 0) is 31.4 Å². The number of nitrogens with zero attached hydrogens (tertiary/aromatic N) is 2. The lowest BCUT2D eigenvalue weighted by atomic mass is 10.2. The Morgan fingerprint density at radius 2 is 2.13 bits per heavy atom. The largest absolute Gasteiger partial charge is 0.385 e. The van der Waals surface area contributed by atoms with Gasteiger partial charge >= 0.3 is 0 Å². The van der Waals surface area contributed by atoms with Crippen molar-refractivity contribution in [1.82, 2.24) is 15.5 Å². The van der Waals surface area contributed by atoms with Crippen LogP contribution in [0.2, 0.25) is 0 Å². The monoisotopic (exact) mass is 318 g/mol. The molecule has 1 aliphatic heterocycles. The van der Waals surface area contributed by atoms with Gasteiger partial charge in [0.2, 0.25) is 0 Å². The van der Waals surface area contributed by atoms with Crippen LogP contribution in [-0.2, 0) is 11.3 Å². The Bertz CT molecular complexity index is 463. The van der Waals surface area contributed by atoms with Crippen molar-refractivity contribution in [2.24, 2.45) is 4.99 Å². The molecule has 1 unspecified atom stereocenters. The normalized spacial score (nSPS) is 19.0. The van der Waals surface area contributed by atoms with Crippen molar-refractivity contribution in [2.75, 3.05) is 40.4 Å². The fourth-order valence-corrected chi connectivity index (χ4v) is 3.01. The molecule has 128 valence electrons. The minimum atomic E-state index is 0.577. The molecule has 0 saturated carbocycles. The van der Waals surface area contributed by atoms with Crippen LogP contribution in [0.4, 0.5) is 0 Å². The number of hydrogen-bond donors (Lipinski definition) is 2. The number of likely N-dealkylation sites (tertiary alicyclic amines) is 1. The van der Waals surface area contributed by atoms with E-state index in [1.165, 1.54) is 24.9 Å². The summed E-state index contributed by atoms with van der Waals surface area (Å²) in [5.41, 5.74) is 1.39. The van der Waals surface area contributed by atoms with Crippen LogP contribution in [0.1, 0.15) is 24.8 Å². The predicted octanol–water partition coefficient (Wildman–Crippen LogP) is 1.85. The molecule has 1 aromatic carbocycles. The molecule has 2 N–H and O–H groups in total. The first-order valence-electron chi connectivity index (χ1n) is 8.55. The van der Waals surface area contributed by atoms with Crippen molar-refractivity contribution in [3.63, 3.8) is 0 Å². The van der Waals surface area contributed by atoms with Gasteiger partial charge in [0.15, 0.2) is 5.96 Å². The first kappa shape index (κ1) is 17.8.